The molecule has 0 aromatic heterocycles. The fraction of sp³-hybridized carbons (Fsp3) is 0.222. The number of hydrogen-bond acceptors (Lipinski definition) is 1. The number of rotatable bonds is 1. The first-order valence-electron chi connectivity index (χ1n) is 6.64. The van der Waals surface area contributed by atoms with Crippen molar-refractivity contribution in [2.45, 2.75) is 25.3 Å². The van der Waals surface area contributed by atoms with E-state index in [1.807, 2.05) is 0 Å². The quantitative estimate of drug-likeness (QED) is 0.768. The third kappa shape index (κ3) is 2.70. The molecule has 0 aliphatic heterocycles. The van der Waals surface area contributed by atoms with Crippen molar-refractivity contribution >= 4 is 0 Å². The smallest absolute Gasteiger partial charge is 0.0411 e. The average Bonchev–Trinajstić information content (AvgIpc) is 3.18. The molecule has 2 aromatic carbocycles. The molecule has 0 saturated heterocycles. The van der Waals surface area contributed by atoms with Gasteiger partial charge in [0.15, 0.2) is 0 Å². The number of nitrogens with two attached hydrogens (primary N) is 1. The third-order valence-corrected chi connectivity index (χ3v) is 3.65. The molecule has 0 spiro atoms. The van der Waals surface area contributed by atoms with Gasteiger partial charge in [0, 0.05) is 16.7 Å². The van der Waals surface area contributed by atoms with Crippen molar-refractivity contribution in [2.75, 3.05) is 0 Å². The zero-order valence-electron chi connectivity index (χ0n) is 11.1. The van der Waals surface area contributed by atoms with E-state index in [0.29, 0.717) is 0 Å². The van der Waals surface area contributed by atoms with Gasteiger partial charge < -0.3 is 5.73 Å². The highest BCUT2D eigenvalue weighted by atomic mass is 14.8. The molecular formula is C18H17N. The molecule has 1 aliphatic rings. The van der Waals surface area contributed by atoms with Crippen LogP contribution in [-0.4, -0.2) is 0 Å². The molecule has 2 aromatic rings. The molecule has 0 atom stereocenters. The second-order valence-electron chi connectivity index (χ2n) is 5.35. The Morgan fingerprint density at radius 1 is 0.842 bits per heavy atom. The molecule has 2 N–H and O–H groups in total. The Kier molecular flexibility index (Phi) is 2.89. The molecule has 94 valence electrons. The second-order valence-corrected chi connectivity index (χ2v) is 5.35. The first kappa shape index (κ1) is 12.0. The maximum atomic E-state index is 6.16. The van der Waals surface area contributed by atoms with Gasteiger partial charge in [-0.1, -0.05) is 41.7 Å². The summed E-state index contributed by atoms with van der Waals surface area (Å²) < 4.78 is 0. The van der Waals surface area contributed by atoms with E-state index in [2.05, 4.69) is 67.3 Å². The Morgan fingerprint density at radius 3 is 1.79 bits per heavy atom. The van der Waals surface area contributed by atoms with Crippen LogP contribution in [0.1, 0.15) is 35.1 Å². The van der Waals surface area contributed by atoms with Crippen LogP contribution in [-0.2, 0) is 5.54 Å². The molecule has 0 unspecified atom stereocenters. The van der Waals surface area contributed by atoms with Crippen LogP contribution in [0.15, 0.2) is 48.5 Å². The predicted octanol–water partition coefficient (Wildman–Crippen LogP) is 3.34. The SMILES string of the molecule is Cc1ccc(C#Cc2ccc(C3(N)CC3)cc2)cc1. The van der Waals surface area contributed by atoms with Gasteiger partial charge in [0.25, 0.3) is 0 Å². The van der Waals surface area contributed by atoms with Crippen LogP contribution in [0.4, 0.5) is 0 Å². The van der Waals surface area contributed by atoms with Crippen LogP contribution < -0.4 is 5.73 Å². The fourth-order valence-electron chi connectivity index (χ4n) is 2.09. The minimum Gasteiger partial charge on any atom is -0.321 e. The molecule has 1 nitrogen and oxygen atoms in total. The summed E-state index contributed by atoms with van der Waals surface area (Å²) in [5, 5.41) is 0. The highest BCUT2D eigenvalue weighted by molar-refractivity contribution is 5.45. The zero-order chi connectivity index (χ0) is 13.3. The van der Waals surface area contributed by atoms with Gasteiger partial charge in [-0.3, -0.25) is 0 Å². The van der Waals surface area contributed by atoms with Crippen LogP contribution in [0, 0.1) is 18.8 Å². The lowest BCUT2D eigenvalue weighted by Gasteiger charge is -2.07. The molecular weight excluding hydrogens is 230 g/mol. The summed E-state index contributed by atoms with van der Waals surface area (Å²) in [6.45, 7) is 2.08. The normalized spacial score (nSPS) is 15.5. The largest absolute Gasteiger partial charge is 0.321 e. The van der Waals surface area contributed by atoms with Crippen molar-refractivity contribution in [1.82, 2.24) is 0 Å². The number of aryl methyl sites for hydroxylation is 1. The molecule has 3 rings (SSSR count). The van der Waals surface area contributed by atoms with Gasteiger partial charge in [-0.15, -0.1) is 0 Å². The van der Waals surface area contributed by atoms with Crippen molar-refractivity contribution in [3.63, 3.8) is 0 Å². The average molecular weight is 247 g/mol. The van der Waals surface area contributed by atoms with Gasteiger partial charge in [-0.05, 0) is 49.6 Å². The first-order valence-corrected chi connectivity index (χ1v) is 6.64. The molecule has 1 heteroatoms. The molecule has 1 aliphatic carbocycles. The number of benzene rings is 2. The summed E-state index contributed by atoms with van der Waals surface area (Å²) in [6.07, 6.45) is 2.20. The Balaban J connectivity index is 1.78. The highest BCUT2D eigenvalue weighted by Gasteiger charge is 2.39. The maximum absolute atomic E-state index is 6.16. The summed E-state index contributed by atoms with van der Waals surface area (Å²) in [5.74, 6) is 6.37. The number of hydrogen-bond donors (Lipinski definition) is 1. The van der Waals surface area contributed by atoms with Crippen molar-refractivity contribution in [1.29, 1.82) is 0 Å². The Hall–Kier alpha value is -2.04. The molecule has 0 radical (unpaired) electrons. The third-order valence-electron chi connectivity index (χ3n) is 3.65. The van der Waals surface area contributed by atoms with Gasteiger partial charge in [0.1, 0.15) is 0 Å². The molecule has 0 amide bonds. The lowest BCUT2D eigenvalue weighted by atomic mass is 10.0. The maximum Gasteiger partial charge on any atom is 0.0411 e. The van der Waals surface area contributed by atoms with Crippen LogP contribution in [0.3, 0.4) is 0 Å². The second kappa shape index (κ2) is 4.57. The van der Waals surface area contributed by atoms with E-state index in [0.717, 1.165) is 24.0 Å². The summed E-state index contributed by atoms with van der Waals surface area (Å²) in [7, 11) is 0. The predicted molar refractivity (Wildman–Crippen MR) is 78.7 cm³/mol. The van der Waals surface area contributed by atoms with Gasteiger partial charge in [0.05, 0.1) is 0 Å². The van der Waals surface area contributed by atoms with Gasteiger partial charge in [0.2, 0.25) is 0 Å². The topological polar surface area (TPSA) is 26.0 Å². The van der Waals surface area contributed by atoms with Crippen LogP contribution in [0.5, 0.6) is 0 Å². The summed E-state index contributed by atoms with van der Waals surface area (Å²) in [6, 6.07) is 16.6. The lowest BCUT2D eigenvalue weighted by molar-refractivity contribution is 0.740. The van der Waals surface area contributed by atoms with Gasteiger partial charge in [-0.25, -0.2) is 0 Å². The van der Waals surface area contributed by atoms with E-state index >= 15 is 0 Å². The van der Waals surface area contributed by atoms with Crippen molar-refractivity contribution in [3.05, 3.63) is 70.8 Å². The minimum atomic E-state index is -0.0527. The van der Waals surface area contributed by atoms with Crippen LogP contribution in [0.25, 0.3) is 0 Å². The Morgan fingerprint density at radius 2 is 1.32 bits per heavy atom. The summed E-state index contributed by atoms with van der Waals surface area (Å²) >= 11 is 0. The molecule has 1 saturated carbocycles. The van der Waals surface area contributed by atoms with Crippen molar-refractivity contribution in [3.8, 4) is 11.8 Å². The molecule has 1 fully saturated rings. The zero-order valence-corrected chi connectivity index (χ0v) is 11.1. The van der Waals surface area contributed by atoms with E-state index in [1.165, 1.54) is 11.1 Å². The van der Waals surface area contributed by atoms with Crippen LogP contribution >= 0.6 is 0 Å². The van der Waals surface area contributed by atoms with E-state index in [9.17, 15) is 0 Å². The van der Waals surface area contributed by atoms with E-state index in [-0.39, 0.29) is 5.54 Å². The van der Waals surface area contributed by atoms with Crippen molar-refractivity contribution in [2.24, 2.45) is 5.73 Å². The van der Waals surface area contributed by atoms with E-state index in [1.54, 1.807) is 0 Å². The first-order chi connectivity index (χ1) is 9.16. The van der Waals surface area contributed by atoms with E-state index in [4.69, 9.17) is 5.73 Å². The molecule has 0 heterocycles. The fourth-order valence-corrected chi connectivity index (χ4v) is 2.09. The van der Waals surface area contributed by atoms with E-state index < -0.39 is 0 Å². The Labute approximate surface area is 114 Å². The van der Waals surface area contributed by atoms with Gasteiger partial charge in [-0.2, -0.15) is 0 Å². The lowest BCUT2D eigenvalue weighted by Crippen LogP contribution is -2.18. The summed E-state index contributed by atoms with van der Waals surface area (Å²) in [5.41, 5.74) is 10.7. The monoisotopic (exact) mass is 247 g/mol. The minimum absolute atomic E-state index is 0.0527. The molecule has 0 bridgehead atoms. The standard InChI is InChI=1S/C18H17N/c1-14-2-4-15(5-3-14)6-7-16-8-10-17(11-9-16)18(19)12-13-18/h2-5,8-11H,12-13,19H2,1H3. The molecule has 19 heavy (non-hydrogen) atoms. The van der Waals surface area contributed by atoms with Crippen LogP contribution in [0.2, 0.25) is 0 Å². The Bertz CT molecular complexity index is 635. The van der Waals surface area contributed by atoms with Gasteiger partial charge >= 0.3 is 0 Å². The highest BCUT2D eigenvalue weighted by Crippen LogP contribution is 2.42. The van der Waals surface area contributed by atoms with Crippen molar-refractivity contribution < 1.29 is 0 Å². The summed E-state index contributed by atoms with van der Waals surface area (Å²) in [4.78, 5) is 0.